The van der Waals surface area contributed by atoms with E-state index in [0.717, 1.165) is 36.8 Å². The maximum atomic E-state index is 12.6. The summed E-state index contributed by atoms with van der Waals surface area (Å²) in [5.74, 6) is 3.31. The highest BCUT2D eigenvalue weighted by Gasteiger charge is 2.29. The van der Waals surface area contributed by atoms with Crippen molar-refractivity contribution in [2.45, 2.75) is 58.5 Å². The quantitative estimate of drug-likeness (QED) is 0.796. The van der Waals surface area contributed by atoms with Crippen LogP contribution in [0, 0.1) is 0 Å². The summed E-state index contributed by atoms with van der Waals surface area (Å²) in [7, 11) is 1.66. The van der Waals surface area contributed by atoms with Gasteiger partial charge in [-0.2, -0.15) is 0 Å². The van der Waals surface area contributed by atoms with E-state index >= 15 is 0 Å². The molecule has 0 aliphatic carbocycles. The third-order valence-corrected chi connectivity index (χ3v) is 4.93. The van der Waals surface area contributed by atoms with Gasteiger partial charge < -0.3 is 14.2 Å². The molecule has 140 valence electrons. The van der Waals surface area contributed by atoms with Crippen LogP contribution in [0.5, 0.6) is 5.75 Å². The maximum absolute atomic E-state index is 12.6. The molecule has 2 heterocycles. The van der Waals surface area contributed by atoms with E-state index in [1.165, 1.54) is 5.56 Å². The third kappa shape index (κ3) is 3.89. The van der Waals surface area contributed by atoms with E-state index in [1.807, 2.05) is 17.0 Å². The second kappa shape index (κ2) is 7.89. The standard InChI is InChI=1S/C20H28N4O2/c1-14(2)20-22-21-18-13-23(12-15(3)24(18)20)19(25)7-5-6-16-8-10-17(26-4)11-9-16/h8-11,14-15H,5-7,12-13H2,1-4H3/t15-/m0/s1. The lowest BCUT2D eigenvalue weighted by atomic mass is 10.1. The van der Waals surface area contributed by atoms with E-state index in [9.17, 15) is 4.79 Å². The van der Waals surface area contributed by atoms with Gasteiger partial charge in [0.25, 0.3) is 0 Å². The molecule has 3 rings (SSSR count). The van der Waals surface area contributed by atoms with Crippen LogP contribution < -0.4 is 4.74 Å². The molecule has 0 unspecified atom stereocenters. The second-order valence-electron chi connectivity index (χ2n) is 7.32. The Morgan fingerprint density at radius 2 is 2.00 bits per heavy atom. The number of hydrogen-bond acceptors (Lipinski definition) is 4. The molecule has 6 nitrogen and oxygen atoms in total. The zero-order chi connectivity index (χ0) is 18.7. The summed E-state index contributed by atoms with van der Waals surface area (Å²) in [5.41, 5.74) is 1.23. The Morgan fingerprint density at radius 1 is 1.27 bits per heavy atom. The summed E-state index contributed by atoms with van der Waals surface area (Å²) in [6.07, 6.45) is 2.30. The van der Waals surface area contributed by atoms with E-state index in [1.54, 1.807) is 7.11 Å². The van der Waals surface area contributed by atoms with Gasteiger partial charge in [-0.1, -0.05) is 26.0 Å². The van der Waals surface area contributed by atoms with E-state index in [0.29, 0.717) is 18.9 Å². The molecule has 1 aliphatic heterocycles. The van der Waals surface area contributed by atoms with Crippen molar-refractivity contribution in [2.24, 2.45) is 0 Å². The molecule has 1 atom stereocenters. The van der Waals surface area contributed by atoms with Crippen molar-refractivity contribution >= 4 is 5.91 Å². The van der Waals surface area contributed by atoms with Crippen LogP contribution in [0.25, 0.3) is 0 Å². The Balaban J connectivity index is 1.55. The molecule has 1 aromatic heterocycles. The first-order valence-electron chi connectivity index (χ1n) is 9.34. The van der Waals surface area contributed by atoms with Crippen molar-refractivity contribution < 1.29 is 9.53 Å². The first-order valence-corrected chi connectivity index (χ1v) is 9.34. The van der Waals surface area contributed by atoms with Crippen molar-refractivity contribution in [3.8, 4) is 5.75 Å². The largest absolute Gasteiger partial charge is 0.497 e. The molecular formula is C20H28N4O2. The molecule has 26 heavy (non-hydrogen) atoms. The SMILES string of the molecule is COc1ccc(CCCC(=O)N2Cc3nnc(C(C)C)n3[C@@H](C)C2)cc1. The van der Waals surface area contributed by atoms with Crippen LogP contribution in [0.2, 0.25) is 0 Å². The van der Waals surface area contributed by atoms with Gasteiger partial charge in [0.15, 0.2) is 5.82 Å². The van der Waals surface area contributed by atoms with Gasteiger partial charge in [-0.25, -0.2) is 0 Å². The molecule has 1 aromatic carbocycles. The zero-order valence-electron chi connectivity index (χ0n) is 16.1. The molecule has 0 saturated heterocycles. The predicted molar refractivity (Wildman–Crippen MR) is 100 cm³/mol. The summed E-state index contributed by atoms with van der Waals surface area (Å²) in [4.78, 5) is 14.6. The molecule has 0 N–H and O–H groups in total. The van der Waals surface area contributed by atoms with Gasteiger partial charge >= 0.3 is 0 Å². The highest BCUT2D eigenvalue weighted by molar-refractivity contribution is 5.76. The van der Waals surface area contributed by atoms with Crippen LogP contribution in [0.1, 0.15) is 62.8 Å². The van der Waals surface area contributed by atoms with E-state index < -0.39 is 0 Å². The zero-order valence-corrected chi connectivity index (χ0v) is 16.1. The predicted octanol–water partition coefficient (Wildman–Crippen LogP) is 3.34. The minimum absolute atomic E-state index is 0.200. The Labute approximate surface area is 155 Å². The molecule has 0 bridgehead atoms. The van der Waals surface area contributed by atoms with Gasteiger partial charge in [0.2, 0.25) is 5.91 Å². The summed E-state index contributed by atoms with van der Waals surface area (Å²) in [5, 5.41) is 8.63. The average molecular weight is 356 g/mol. The number of fused-ring (bicyclic) bond motifs is 1. The molecule has 6 heteroatoms. The van der Waals surface area contributed by atoms with Crippen LogP contribution in [0.3, 0.4) is 0 Å². The van der Waals surface area contributed by atoms with Crippen LogP contribution in [0.15, 0.2) is 24.3 Å². The smallest absolute Gasteiger partial charge is 0.223 e. The van der Waals surface area contributed by atoms with Crippen molar-refractivity contribution in [3.63, 3.8) is 0 Å². The highest BCUT2D eigenvalue weighted by Crippen LogP contribution is 2.25. The molecule has 1 amide bonds. The maximum Gasteiger partial charge on any atom is 0.223 e. The van der Waals surface area contributed by atoms with E-state index in [-0.39, 0.29) is 11.9 Å². The van der Waals surface area contributed by atoms with E-state index in [2.05, 4.69) is 47.7 Å². The first-order chi connectivity index (χ1) is 12.5. The van der Waals surface area contributed by atoms with Gasteiger partial charge in [0.05, 0.1) is 19.7 Å². The number of aryl methyl sites for hydroxylation is 1. The number of carbonyl (C=O) groups is 1. The fraction of sp³-hybridized carbons (Fsp3) is 0.550. The molecule has 1 aliphatic rings. The highest BCUT2D eigenvalue weighted by atomic mass is 16.5. The van der Waals surface area contributed by atoms with Crippen molar-refractivity contribution in [1.29, 1.82) is 0 Å². The average Bonchev–Trinajstić information content (AvgIpc) is 3.07. The monoisotopic (exact) mass is 356 g/mol. The number of amides is 1. The number of carbonyl (C=O) groups excluding carboxylic acids is 1. The first kappa shape index (κ1) is 18.4. The van der Waals surface area contributed by atoms with E-state index in [4.69, 9.17) is 4.74 Å². The lowest BCUT2D eigenvalue weighted by Crippen LogP contribution is -2.40. The Bertz CT molecular complexity index is 752. The van der Waals surface area contributed by atoms with Crippen LogP contribution in [-0.4, -0.2) is 39.2 Å². The Morgan fingerprint density at radius 3 is 2.65 bits per heavy atom. The number of aromatic nitrogens is 3. The minimum Gasteiger partial charge on any atom is -0.497 e. The Hall–Kier alpha value is -2.37. The third-order valence-electron chi connectivity index (χ3n) is 4.93. The fourth-order valence-corrected chi connectivity index (χ4v) is 3.54. The number of nitrogens with zero attached hydrogens (tertiary/aromatic N) is 4. The molecule has 0 fully saturated rings. The Kier molecular flexibility index (Phi) is 5.59. The number of hydrogen-bond donors (Lipinski definition) is 0. The van der Waals surface area contributed by atoms with Crippen LogP contribution >= 0.6 is 0 Å². The summed E-state index contributed by atoms with van der Waals surface area (Å²) < 4.78 is 7.37. The lowest BCUT2D eigenvalue weighted by molar-refractivity contribution is -0.133. The lowest BCUT2D eigenvalue weighted by Gasteiger charge is -2.33. The molecule has 0 spiro atoms. The minimum atomic E-state index is 0.200. The van der Waals surface area contributed by atoms with Gasteiger partial charge in [-0.05, 0) is 37.5 Å². The molecule has 2 aromatic rings. The molecule has 0 saturated carbocycles. The van der Waals surface area contributed by atoms with Crippen molar-refractivity contribution in [2.75, 3.05) is 13.7 Å². The van der Waals surface area contributed by atoms with Crippen LogP contribution in [0.4, 0.5) is 0 Å². The van der Waals surface area contributed by atoms with Gasteiger partial charge in [0, 0.05) is 18.9 Å². The number of methoxy groups -OCH3 is 1. The molecule has 0 radical (unpaired) electrons. The van der Waals surface area contributed by atoms with Gasteiger partial charge in [-0.3, -0.25) is 4.79 Å². The van der Waals surface area contributed by atoms with Crippen molar-refractivity contribution in [3.05, 3.63) is 41.5 Å². The second-order valence-corrected chi connectivity index (χ2v) is 7.32. The van der Waals surface area contributed by atoms with Gasteiger partial charge in [0.1, 0.15) is 11.6 Å². The number of ether oxygens (including phenoxy) is 1. The van der Waals surface area contributed by atoms with Gasteiger partial charge in [-0.15, -0.1) is 10.2 Å². The fourth-order valence-electron chi connectivity index (χ4n) is 3.54. The summed E-state index contributed by atoms with van der Waals surface area (Å²) in [6.45, 7) is 7.68. The summed E-state index contributed by atoms with van der Waals surface area (Å²) >= 11 is 0. The summed E-state index contributed by atoms with van der Waals surface area (Å²) in [6, 6.07) is 8.26. The number of rotatable bonds is 6. The number of benzene rings is 1. The van der Waals surface area contributed by atoms with Crippen molar-refractivity contribution in [1.82, 2.24) is 19.7 Å². The normalized spacial score (nSPS) is 16.7. The van der Waals surface area contributed by atoms with Crippen LogP contribution in [-0.2, 0) is 17.8 Å². The molecular weight excluding hydrogens is 328 g/mol. The topological polar surface area (TPSA) is 60.2 Å².